The number of aliphatic carboxylic acids is 1. The van der Waals surface area contributed by atoms with Crippen LogP contribution in [0.4, 0.5) is 9.59 Å². The summed E-state index contributed by atoms with van der Waals surface area (Å²) in [5.41, 5.74) is 18.0. The number of rotatable bonds is 14. The summed E-state index contributed by atoms with van der Waals surface area (Å²) in [6.45, 7) is -0.0618. The molecule has 2 aromatic carbocycles. The lowest BCUT2D eigenvalue weighted by Gasteiger charge is -2.27. The second kappa shape index (κ2) is 17.2. The maximum atomic E-state index is 13.2. The largest absolute Gasteiger partial charge is 0.481 e. The van der Waals surface area contributed by atoms with Crippen molar-refractivity contribution in [1.29, 1.82) is 0 Å². The van der Waals surface area contributed by atoms with Crippen molar-refractivity contribution in [3.8, 4) is 0 Å². The summed E-state index contributed by atoms with van der Waals surface area (Å²) < 4.78 is 10.7. The standard InChI is InChI=1S/C27H34N5O8/c28-16-8-7-13-22(25(36)31-30-24(35)21(29)14-15-23(33)34)32(26(37)39-17-19-9-3-1-4-10-19)27(38)40-18-20-11-5-2-6-12-20/h1-6,9-12,21-22H,7-8,13-18,28-29H2,(H,31,36)(H,33,34)/t21-,22-/m0/s1. The lowest BCUT2D eigenvalue weighted by Crippen LogP contribution is -2.55. The Balaban J connectivity index is 2.21. The summed E-state index contributed by atoms with van der Waals surface area (Å²) in [6.07, 6.45) is -2.05. The number of ether oxygens (including phenoxy) is 2. The molecule has 2 aromatic rings. The van der Waals surface area contributed by atoms with E-state index in [1.165, 1.54) is 0 Å². The molecule has 0 spiro atoms. The van der Waals surface area contributed by atoms with Gasteiger partial charge in [0.25, 0.3) is 11.8 Å². The number of unbranched alkanes of at least 4 members (excludes halogenated alkanes) is 1. The molecule has 6 N–H and O–H groups in total. The summed E-state index contributed by atoms with van der Waals surface area (Å²) in [5.74, 6) is -3.09. The van der Waals surface area contributed by atoms with Gasteiger partial charge in [0.05, 0.1) is 6.04 Å². The van der Waals surface area contributed by atoms with E-state index < -0.39 is 42.1 Å². The number of carboxylic acids is 1. The summed E-state index contributed by atoms with van der Waals surface area (Å²) in [4.78, 5) is 62.9. The zero-order chi connectivity index (χ0) is 29.3. The third kappa shape index (κ3) is 11.1. The molecule has 1 radical (unpaired) electrons. The summed E-state index contributed by atoms with van der Waals surface area (Å²) in [6, 6.07) is 14.7. The van der Waals surface area contributed by atoms with E-state index >= 15 is 0 Å². The van der Waals surface area contributed by atoms with Crippen LogP contribution in [-0.2, 0) is 37.1 Å². The molecular formula is C27H34N5O8. The SMILES string of the molecule is NCCCC[C@@H](C(=O)N[N]C(=O)[C@@H](N)CCC(=O)O)N(C(=O)OCc1ccccc1)C(=O)OCc1ccccc1. The number of benzene rings is 2. The van der Waals surface area contributed by atoms with Crippen LogP contribution < -0.4 is 22.3 Å². The molecule has 13 nitrogen and oxygen atoms in total. The molecule has 2 rings (SSSR count). The highest BCUT2D eigenvalue weighted by Gasteiger charge is 2.38. The van der Waals surface area contributed by atoms with Gasteiger partial charge in [-0.2, -0.15) is 4.90 Å². The van der Waals surface area contributed by atoms with Crippen LogP contribution >= 0.6 is 0 Å². The first-order chi connectivity index (χ1) is 19.2. The lowest BCUT2D eigenvalue weighted by molar-refractivity contribution is -0.137. The molecule has 0 aliphatic rings. The van der Waals surface area contributed by atoms with E-state index in [1.54, 1.807) is 60.7 Å². The highest BCUT2D eigenvalue weighted by molar-refractivity contribution is 5.96. The Labute approximate surface area is 231 Å². The molecule has 2 atom stereocenters. The number of hydrogen-bond donors (Lipinski definition) is 4. The number of carbonyl (C=O) groups excluding carboxylic acids is 4. The number of carboxylic acid groups (broad SMARTS) is 1. The molecule has 0 saturated carbocycles. The van der Waals surface area contributed by atoms with E-state index in [1.807, 2.05) is 5.43 Å². The molecule has 0 aliphatic heterocycles. The second-order valence-corrected chi connectivity index (χ2v) is 8.72. The molecule has 40 heavy (non-hydrogen) atoms. The maximum absolute atomic E-state index is 13.2. The summed E-state index contributed by atoms with van der Waals surface area (Å²) in [5, 5.41) is 8.77. The summed E-state index contributed by atoms with van der Waals surface area (Å²) in [7, 11) is 0. The highest BCUT2D eigenvalue weighted by atomic mass is 16.6. The van der Waals surface area contributed by atoms with Crippen molar-refractivity contribution in [2.75, 3.05) is 6.54 Å². The fourth-order valence-corrected chi connectivity index (χ4v) is 3.44. The third-order valence-corrected chi connectivity index (χ3v) is 5.61. The van der Waals surface area contributed by atoms with Crippen molar-refractivity contribution < 1.29 is 38.6 Å². The van der Waals surface area contributed by atoms with Gasteiger partial charge in [-0.3, -0.25) is 14.4 Å². The minimum Gasteiger partial charge on any atom is -0.481 e. The van der Waals surface area contributed by atoms with Gasteiger partial charge in [0.1, 0.15) is 19.3 Å². The van der Waals surface area contributed by atoms with Crippen LogP contribution in [0.3, 0.4) is 0 Å². The Bertz CT molecular complexity index is 1060. The van der Waals surface area contributed by atoms with Crippen molar-refractivity contribution in [3.05, 3.63) is 71.8 Å². The van der Waals surface area contributed by atoms with Crippen molar-refractivity contribution in [2.45, 2.75) is 57.4 Å². The molecule has 0 aromatic heterocycles. The van der Waals surface area contributed by atoms with Crippen LogP contribution in [0.5, 0.6) is 0 Å². The lowest BCUT2D eigenvalue weighted by atomic mass is 10.1. The highest BCUT2D eigenvalue weighted by Crippen LogP contribution is 2.16. The zero-order valence-electron chi connectivity index (χ0n) is 21.9. The molecule has 0 unspecified atom stereocenters. The van der Waals surface area contributed by atoms with Gasteiger partial charge in [0.2, 0.25) is 0 Å². The predicted octanol–water partition coefficient (Wildman–Crippen LogP) is 1.81. The number of hydrogen-bond acceptors (Lipinski definition) is 9. The Hall–Kier alpha value is -4.49. The van der Waals surface area contributed by atoms with Crippen LogP contribution in [0.25, 0.3) is 0 Å². The van der Waals surface area contributed by atoms with Gasteiger partial charge >= 0.3 is 18.2 Å². The summed E-state index contributed by atoms with van der Waals surface area (Å²) >= 11 is 0. The molecule has 4 amide bonds. The molecule has 215 valence electrons. The van der Waals surface area contributed by atoms with Gasteiger partial charge in [-0.1, -0.05) is 60.7 Å². The van der Waals surface area contributed by atoms with Crippen LogP contribution in [0.15, 0.2) is 60.7 Å². The van der Waals surface area contributed by atoms with Gasteiger partial charge in [-0.25, -0.2) is 15.0 Å². The van der Waals surface area contributed by atoms with E-state index in [4.69, 9.17) is 26.0 Å². The van der Waals surface area contributed by atoms with Crippen molar-refractivity contribution >= 4 is 30.0 Å². The number of imide groups is 1. The average molecular weight is 557 g/mol. The molecule has 13 heteroatoms. The fourth-order valence-electron chi connectivity index (χ4n) is 3.44. The smallest absolute Gasteiger partial charge is 0.420 e. The number of nitrogens with two attached hydrogens (primary N) is 2. The quantitative estimate of drug-likeness (QED) is 0.196. The zero-order valence-corrected chi connectivity index (χ0v) is 21.9. The van der Waals surface area contributed by atoms with Crippen molar-refractivity contribution in [1.82, 2.24) is 15.8 Å². The number of nitrogens with one attached hydrogen (secondary N) is 1. The van der Waals surface area contributed by atoms with Crippen LogP contribution in [-0.4, -0.2) is 58.6 Å². The molecule has 0 heterocycles. The van der Waals surface area contributed by atoms with E-state index in [0.717, 1.165) is 0 Å². The topological polar surface area (TPSA) is 205 Å². The Morgan fingerprint density at radius 2 is 1.38 bits per heavy atom. The van der Waals surface area contributed by atoms with Crippen LogP contribution in [0, 0.1) is 0 Å². The van der Waals surface area contributed by atoms with Gasteiger partial charge < -0.3 is 26.0 Å². The number of carbonyl (C=O) groups is 5. The van der Waals surface area contributed by atoms with Gasteiger partial charge in [0.15, 0.2) is 0 Å². The van der Waals surface area contributed by atoms with E-state index in [0.29, 0.717) is 35.4 Å². The second-order valence-electron chi connectivity index (χ2n) is 8.72. The third-order valence-electron chi connectivity index (χ3n) is 5.61. The molecule has 0 bridgehead atoms. The van der Waals surface area contributed by atoms with Gasteiger partial charge in [-0.05, 0) is 43.4 Å². The fraction of sp³-hybridized carbons (Fsp3) is 0.370. The molecule has 0 fully saturated rings. The first-order valence-electron chi connectivity index (χ1n) is 12.6. The van der Waals surface area contributed by atoms with E-state index in [9.17, 15) is 24.0 Å². The van der Waals surface area contributed by atoms with Crippen LogP contribution in [0.1, 0.15) is 43.2 Å². The Morgan fingerprint density at radius 3 is 1.85 bits per heavy atom. The first-order valence-corrected chi connectivity index (χ1v) is 12.6. The van der Waals surface area contributed by atoms with Crippen molar-refractivity contribution in [2.24, 2.45) is 11.5 Å². The van der Waals surface area contributed by atoms with Crippen LogP contribution in [0.2, 0.25) is 0 Å². The van der Waals surface area contributed by atoms with Crippen molar-refractivity contribution in [3.63, 3.8) is 0 Å². The normalized spacial score (nSPS) is 11.9. The monoisotopic (exact) mass is 556 g/mol. The number of amides is 4. The van der Waals surface area contributed by atoms with E-state index in [-0.39, 0.29) is 32.5 Å². The molecular weight excluding hydrogens is 522 g/mol. The average Bonchev–Trinajstić information content (AvgIpc) is 2.96. The minimum atomic E-state index is -1.47. The molecule has 0 aliphatic carbocycles. The molecule has 0 saturated heterocycles. The predicted molar refractivity (Wildman–Crippen MR) is 142 cm³/mol. The van der Waals surface area contributed by atoms with E-state index in [2.05, 4.69) is 5.43 Å². The minimum absolute atomic E-state index is 0.0291. The van der Waals surface area contributed by atoms with Gasteiger partial charge in [-0.15, -0.1) is 5.43 Å². The number of nitrogens with zero attached hydrogens (tertiary/aromatic N) is 2. The maximum Gasteiger partial charge on any atom is 0.420 e. The Morgan fingerprint density at radius 1 is 0.850 bits per heavy atom. The van der Waals surface area contributed by atoms with Gasteiger partial charge in [0, 0.05) is 6.42 Å². The first kappa shape index (κ1) is 31.7. The Kier molecular flexibility index (Phi) is 13.6.